The van der Waals surface area contributed by atoms with Gasteiger partial charge in [0, 0.05) is 5.56 Å². The van der Waals surface area contributed by atoms with E-state index in [9.17, 15) is 9.59 Å². The maximum absolute atomic E-state index is 12.3. The van der Waals surface area contributed by atoms with E-state index in [2.05, 4.69) is 15.3 Å². The van der Waals surface area contributed by atoms with Gasteiger partial charge in [-0.1, -0.05) is 11.3 Å². The van der Waals surface area contributed by atoms with E-state index in [-0.39, 0.29) is 12.5 Å². The number of ether oxygens (including phenoxy) is 1. The van der Waals surface area contributed by atoms with Crippen LogP contribution in [0.3, 0.4) is 0 Å². The highest BCUT2D eigenvalue weighted by atomic mass is 32.1. The Morgan fingerprint density at radius 2 is 2.22 bits per heavy atom. The van der Waals surface area contributed by atoms with Crippen molar-refractivity contribution in [2.24, 2.45) is 0 Å². The van der Waals surface area contributed by atoms with Crippen LogP contribution in [0.1, 0.15) is 32.6 Å². The number of benzene rings is 1. The maximum Gasteiger partial charge on any atom is 0.350 e. The molecule has 23 heavy (non-hydrogen) atoms. The lowest BCUT2D eigenvalue weighted by Crippen LogP contribution is -2.11. The molecule has 2 aromatic heterocycles. The summed E-state index contributed by atoms with van der Waals surface area (Å²) in [5, 5.41) is 3.02. The zero-order valence-corrected chi connectivity index (χ0v) is 13.3. The molecule has 0 spiro atoms. The molecule has 0 unspecified atom stereocenters. The first-order chi connectivity index (χ1) is 11.1. The molecule has 0 saturated carbocycles. The highest BCUT2D eigenvalue weighted by Gasteiger charge is 2.18. The smallest absolute Gasteiger partial charge is 0.350 e. The predicted molar refractivity (Wildman–Crippen MR) is 84.8 cm³/mol. The summed E-state index contributed by atoms with van der Waals surface area (Å²) < 4.78 is 10.1. The molecule has 3 aromatic rings. The molecule has 0 saturated heterocycles. The number of oxazole rings is 1. The summed E-state index contributed by atoms with van der Waals surface area (Å²) in [7, 11) is 0. The van der Waals surface area contributed by atoms with Gasteiger partial charge in [0.1, 0.15) is 10.4 Å². The van der Waals surface area contributed by atoms with Crippen LogP contribution in [-0.4, -0.2) is 28.5 Å². The molecule has 0 atom stereocenters. The van der Waals surface area contributed by atoms with Crippen LogP contribution in [0.15, 0.2) is 29.0 Å². The number of carbonyl (C=O) groups excluding carboxylic acids is 2. The molecular formula is C15H13N3O4S. The summed E-state index contributed by atoms with van der Waals surface area (Å²) >= 11 is 1.08. The topological polar surface area (TPSA) is 94.3 Å². The molecule has 3 rings (SSSR count). The maximum atomic E-state index is 12.3. The second-order valence-electron chi connectivity index (χ2n) is 4.64. The molecule has 0 bridgehead atoms. The fraction of sp³-hybridized carbons (Fsp3) is 0.200. The van der Waals surface area contributed by atoms with Gasteiger partial charge in [-0.3, -0.25) is 10.1 Å². The van der Waals surface area contributed by atoms with E-state index in [0.717, 1.165) is 11.3 Å². The van der Waals surface area contributed by atoms with Gasteiger partial charge in [-0.2, -0.15) is 0 Å². The fourth-order valence-corrected chi connectivity index (χ4v) is 2.86. The second-order valence-corrected chi connectivity index (χ2v) is 5.64. The van der Waals surface area contributed by atoms with E-state index in [1.807, 2.05) is 0 Å². The Kier molecular flexibility index (Phi) is 4.07. The zero-order valence-electron chi connectivity index (χ0n) is 12.5. The van der Waals surface area contributed by atoms with Crippen molar-refractivity contribution >= 4 is 39.4 Å². The second kappa shape index (κ2) is 6.17. The van der Waals surface area contributed by atoms with Gasteiger partial charge >= 0.3 is 5.97 Å². The number of rotatable bonds is 4. The SMILES string of the molecule is CCOC(=O)c1sc(NC(=O)c2ccc3ocnc3c2)nc1C. The summed E-state index contributed by atoms with van der Waals surface area (Å²) in [6.07, 6.45) is 1.32. The molecule has 0 aliphatic rings. The van der Waals surface area contributed by atoms with Crippen molar-refractivity contribution in [3.8, 4) is 0 Å². The van der Waals surface area contributed by atoms with Crippen LogP contribution in [0.5, 0.6) is 0 Å². The molecule has 1 amide bonds. The van der Waals surface area contributed by atoms with Crippen molar-refractivity contribution in [2.75, 3.05) is 11.9 Å². The Labute approximate surface area is 135 Å². The minimum atomic E-state index is -0.438. The molecule has 2 heterocycles. The van der Waals surface area contributed by atoms with Crippen LogP contribution in [0, 0.1) is 6.92 Å². The molecule has 0 aliphatic heterocycles. The highest BCUT2D eigenvalue weighted by molar-refractivity contribution is 7.17. The lowest BCUT2D eigenvalue weighted by molar-refractivity contribution is 0.0531. The highest BCUT2D eigenvalue weighted by Crippen LogP contribution is 2.24. The monoisotopic (exact) mass is 331 g/mol. The summed E-state index contributed by atoms with van der Waals surface area (Å²) in [5.74, 6) is -0.772. The number of aryl methyl sites for hydroxylation is 1. The third-order valence-corrected chi connectivity index (χ3v) is 4.12. The van der Waals surface area contributed by atoms with Crippen LogP contribution in [0.25, 0.3) is 11.1 Å². The van der Waals surface area contributed by atoms with E-state index < -0.39 is 5.97 Å². The van der Waals surface area contributed by atoms with Gasteiger partial charge in [-0.05, 0) is 32.0 Å². The standard InChI is InChI=1S/C15H13N3O4S/c1-3-21-14(20)12-8(2)17-15(23-12)18-13(19)9-4-5-11-10(6-9)16-7-22-11/h4-7H,3H2,1-2H3,(H,17,18,19). The number of thiazole rings is 1. The zero-order chi connectivity index (χ0) is 16.4. The van der Waals surface area contributed by atoms with Crippen molar-refractivity contribution < 1.29 is 18.7 Å². The quantitative estimate of drug-likeness (QED) is 0.739. The molecule has 1 N–H and O–H groups in total. The predicted octanol–water partition coefficient (Wildman–Crippen LogP) is 3.02. The van der Waals surface area contributed by atoms with Gasteiger partial charge in [0.15, 0.2) is 17.1 Å². The Hall–Kier alpha value is -2.74. The van der Waals surface area contributed by atoms with Crippen LogP contribution in [0.4, 0.5) is 5.13 Å². The number of carbonyl (C=O) groups is 2. The molecule has 0 fully saturated rings. The van der Waals surface area contributed by atoms with Gasteiger partial charge in [0.25, 0.3) is 5.91 Å². The molecule has 118 valence electrons. The minimum absolute atomic E-state index is 0.287. The lowest BCUT2D eigenvalue weighted by atomic mass is 10.2. The van der Waals surface area contributed by atoms with E-state index in [1.165, 1.54) is 6.39 Å². The number of hydrogen-bond acceptors (Lipinski definition) is 7. The molecule has 0 radical (unpaired) electrons. The number of anilines is 1. The van der Waals surface area contributed by atoms with Gasteiger partial charge in [0.2, 0.25) is 0 Å². The molecule has 0 aliphatic carbocycles. The number of fused-ring (bicyclic) bond motifs is 1. The molecule has 7 nitrogen and oxygen atoms in total. The Bertz CT molecular complexity index is 884. The largest absolute Gasteiger partial charge is 0.462 e. The van der Waals surface area contributed by atoms with Gasteiger partial charge in [-0.25, -0.2) is 14.8 Å². The number of nitrogens with zero attached hydrogens (tertiary/aromatic N) is 2. The molecule has 1 aromatic carbocycles. The van der Waals surface area contributed by atoms with Crippen molar-refractivity contribution in [3.63, 3.8) is 0 Å². The Balaban J connectivity index is 1.79. The summed E-state index contributed by atoms with van der Waals surface area (Å²) in [6.45, 7) is 3.71. The van der Waals surface area contributed by atoms with E-state index in [1.54, 1.807) is 32.0 Å². The number of amides is 1. The number of aromatic nitrogens is 2. The van der Waals surface area contributed by atoms with Crippen molar-refractivity contribution in [1.29, 1.82) is 0 Å². The first-order valence-corrected chi connectivity index (χ1v) is 7.69. The van der Waals surface area contributed by atoms with Crippen molar-refractivity contribution in [1.82, 2.24) is 9.97 Å². The van der Waals surface area contributed by atoms with E-state index in [4.69, 9.17) is 9.15 Å². The van der Waals surface area contributed by atoms with Crippen molar-refractivity contribution in [3.05, 3.63) is 40.7 Å². The van der Waals surface area contributed by atoms with Gasteiger partial charge in [0.05, 0.1) is 12.3 Å². The summed E-state index contributed by atoms with van der Waals surface area (Å²) in [6, 6.07) is 4.94. The Morgan fingerprint density at radius 1 is 1.39 bits per heavy atom. The molecular weight excluding hydrogens is 318 g/mol. The average Bonchev–Trinajstić information content (AvgIpc) is 3.13. The third kappa shape index (κ3) is 3.07. The summed E-state index contributed by atoms with van der Waals surface area (Å²) in [4.78, 5) is 32.6. The lowest BCUT2D eigenvalue weighted by Gasteiger charge is -2.01. The van der Waals surface area contributed by atoms with Crippen LogP contribution in [-0.2, 0) is 4.74 Å². The average molecular weight is 331 g/mol. The van der Waals surface area contributed by atoms with E-state index >= 15 is 0 Å². The fourth-order valence-electron chi connectivity index (χ4n) is 2.00. The number of nitrogens with one attached hydrogen (secondary N) is 1. The Morgan fingerprint density at radius 3 is 3.00 bits per heavy atom. The normalized spacial score (nSPS) is 10.7. The van der Waals surface area contributed by atoms with E-state index in [0.29, 0.717) is 32.4 Å². The summed E-state index contributed by atoms with van der Waals surface area (Å²) in [5.41, 5.74) is 2.16. The number of esters is 1. The first kappa shape index (κ1) is 15.2. The van der Waals surface area contributed by atoms with Gasteiger partial charge < -0.3 is 9.15 Å². The van der Waals surface area contributed by atoms with Crippen LogP contribution in [0.2, 0.25) is 0 Å². The third-order valence-electron chi connectivity index (χ3n) is 3.07. The number of hydrogen-bond donors (Lipinski definition) is 1. The van der Waals surface area contributed by atoms with Crippen molar-refractivity contribution in [2.45, 2.75) is 13.8 Å². The molecule has 8 heteroatoms. The van der Waals surface area contributed by atoms with Crippen LogP contribution < -0.4 is 5.32 Å². The minimum Gasteiger partial charge on any atom is -0.462 e. The van der Waals surface area contributed by atoms with Crippen LogP contribution >= 0.6 is 11.3 Å². The van der Waals surface area contributed by atoms with Gasteiger partial charge in [-0.15, -0.1) is 0 Å². The first-order valence-electron chi connectivity index (χ1n) is 6.87.